The van der Waals surface area contributed by atoms with E-state index in [0.717, 1.165) is 4.90 Å². The average Bonchev–Trinajstić information content (AvgIpc) is 3.20. The molecule has 1 fully saturated rings. The van der Waals surface area contributed by atoms with Gasteiger partial charge in [-0.2, -0.15) is 0 Å². The summed E-state index contributed by atoms with van der Waals surface area (Å²) in [6.07, 6.45) is 0.0334. The number of carbonyl (C=O) groups is 1. The monoisotopic (exact) mass is 430 g/mol. The summed E-state index contributed by atoms with van der Waals surface area (Å²) >= 11 is 14.2. The minimum absolute atomic E-state index is 0.00874. The number of carboxylic acids is 1. The Hall–Kier alpha value is -1.18. The number of alkyl halides is 1. The Morgan fingerprint density at radius 2 is 2.04 bits per heavy atom. The molecule has 2 aromatic rings. The van der Waals surface area contributed by atoms with E-state index >= 15 is 0 Å². The molecule has 1 aliphatic rings. The molecule has 3 rings (SSSR count). The second-order valence-electron chi connectivity index (χ2n) is 6.47. The maximum Gasteiger partial charge on any atom is 0.371 e. The first-order valence-electron chi connectivity index (χ1n) is 8.55. The third-order valence-corrected chi connectivity index (χ3v) is 6.83. The summed E-state index contributed by atoms with van der Waals surface area (Å²) in [5.74, 6) is -0.122. The van der Waals surface area contributed by atoms with E-state index in [1.54, 1.807) is 17.8 Å². The number of aliphatic hydroxyl groups is 1. The van der Waals surface area contributed by atoms with Crippen LogP contribution in [0.2, 0.25) is 5.02 Å². The van der Waals surface area contributed by atoms with Crippen molar-refractivity contribution in [2.75, 3.05) is 12.4 Å². The highest BCUT2D eigenvalue weighted by Gasteiger charge is 2.41. The largest absolute Gasteiger partial charge is 0.475 e. The van der Waals surface area contributed by atoms with Crippen molar-refractivity contribution in [2.45, 2.75) is 29.4 Å². The van der Waals surface area contributed by atoms with E-state index < -0.39 is 12.1 Å². The number of hydrogen-bond donors (Lipinski definition) is 2. The molecule has 0 spiro atoms. The van der Waals surface area contributed by atoms with Gasteiger partial charge in [-0.3, -0.25) is 0 Å². The summed E-state index contributed by atoms with van der Waals surface area (Å²) in [5.41, 5.74) is 0. The van der Waals surface area contributed by atoms with Crippen molar-refractivity contribution < 1.29 is 24.2 Å². The van der Waals surface area contributed by atoms with Gasteiger partial charge in [-0.25, -0.2) is 4.79 Å². The summed E-state index contributed by atoms with van der Waals surface area (Å²) in [6.45, 7) is 0.524. The molecule has 1 saturated carbocycles. The van der Waals surface area contributed by atoms with Crippen molar-refractivity contribution in [1.82, 2.24) is 0 Å². The number of hydrogen-bond acceptors (Lipinski definition) is 5. The van der Waals surface area contributed by atoms with Crippen LogP contribution in [0.5, 0.6) is 0 Å². The Morgan fingerprint density at radius 3 is 2.74 bits per heavy atom. The van der Waals surface area contributed by atoms with E-state index in [4.69, 9.17) is 37.5 Å². The third kappa shape index (κ3) is 5.21. The van der Waals surface area contributed by atoms with E-state index in [-0.39, 0.29) is 29.6 Å². The first-order chi connectivity index (χ1) is 13.0. The molecule has 8 heteroatoms. The van der Waals surface area contributed by atoms with Crippen molar-refractivity contribution in [3.05, 3.63) is 52.9 Å². The van der Waals surface area contributed by atoms with Gasteiger partial charge in [0.15, 0.2) is 0 Å². The van der Waals surface area contributed by atoms with Crippen molar-refractivity contribution in [3.63, 3.8) is 0 Å². The van der Waals surface area contributed by atoms with Gasteiger partial charge < -0.3 is 19.4 Å². The quantitative estimate of drug-likeness (QED) is 0.472. The van der Waals surface area contributed by atoms with Crippen LogP contribution in [0.25, 0.3) is 0 Å². The topological polar surface area (TPSA) is 79.9 Å². The molecule has 1 aromatic heterocycles. The highest BCUT2D eigenvalue weighted by molar-refractivity contribution is 7.99. The van der Waals surface area contributed by atoms with Crippen LogP contribution in [-0.4, -0.2) is 40.0 Å². The standard InChI is InChI=1S/C19H20Cl2O5S/c20-14-3-1-2-4-18(14)27-10-13-12(15(21)7-16(13)22)9-25-8-11-5-6-17(26-11)19(23)24/h1-6,12-13,15-16,22H,7-10H2,(H,23,24)/t12-,13-,15?,16?/m1/s1. The predicted octanol–water partition coefficient (Wildman–Crippen LogP) is 4.54. The van der Waals surface area contributed by atoms with Gasteiger partial charge in [0.2, 0.25) is 5.76 Å². The molecule has 1 aliphatic carbocycles. The predicted molar refractivity (Wildman–Crippen MR) is 105 cm³/mol. The average molecular weight is 431 g/mol. The van der Waals surface area contributed by atoms with Crippen LogP contribution in [0.4, 0.5) is 0 Å². The molecule has 0 amide bonds. The van der Waals surface area contributed by atoms with Crippen LogP contribution in [0.1, 0.15) is 22.7 Å². The Kier molecular flexibility index (Phi) is 7.11. The molecule has 2 N–H and O–H groups in total. The number of thioether (sulfide) groups is 1. The minimum Gasteiger partial charge on any atom is -0.475 e. The molecular weight excluding hydrogens is 411 g/mol. The molecule has 146 valence electrons. The number of aromatic carboxylic acids is 1. The zero-order valence-electron chi connectivity index (χ0n) is 14.4. The number of aliphatic hydroxyl groups excluding tert-OH is 1. The van der Waals surface area contributed by atoms with E-state index in [1.165, 1.54) is 6.07 Å². The van der Waals surface area contributed by atoms with Crippen LogP contribution in [0, 0.1) is 11.8 Å². The molecule has 2 unspecified atom stereocenters. The lowest BCUT2D eigenvalue weighted by Gasteiger charge is -2.23. The molecule has 4 atom stereocenters. The fraction of sp³-hybridized carbons (Fsp3) is 0.421. The number of ether oxygens (including phenoxy) is 1. The van der Waals surface area contributed by atoms with Crippen molar-refractivity contribution in [2.24, 2.45) is 11.8 Å². The lowest BCUT2D eigenvalue weighted by molar-refractivity contribution is 0.0489. The fourth-order valence-corrected chi connectivity index (χ4v) is 5.17. The molecule has 1 aromatic carbocycles. The third-order valence-electron chi connectivity index (χ3n) is 4.67. The fourth-order valence-electron chi connectivity index (χ4n) is 3.21. The summed E-state index contributed by atoms with van der Waals surface area (Å²) in [6, 6.07) is 10.6. The lowest BCUT2D eigenvalue weighted by Crippen LogP contribution is -2.27. The van der Waals surface area contributed by atoms with E-state index in [1.807, 2.05) is 24.3 Å². The lowest BCUT2D eigenvalue weighted by atomic mass is 9.97. The van der Waals surface area contributed by atoms with Gasteiger partial charge in [0.25, 0.3) is 0 Å². The Bertz CT molecular complexity index is 781. The Morgan fingerprint density at radius 1 is 1.26 bits per heavy atom. The zero-order chi connectivity index (χ0) is 19.4. The maximum absolute atomic E-state index is 10.8. The minimum atomic E-state index is -1.11. The molecule has 5 nitrogen and oxygen atoms in total. The van der Waals surface area contributed by atoms with E-state index in [9.17, 15) is 9.90 Å². The summed E-state index contributed by atoms with van der Waals surface area (Å²) in [7, 11) is 0. The Labute approximate surface area is 171 Å². The molecular formula is C19H20Cl2O5S. The zero-order valence-corrected chi connectivity index (χ0v) is 16.7. The van der Waals surface area contributed by atoms with Gasteiger partial charge in [-0.05, 0) is 30.7 Å². The van der Waals surface area contributed by atoms with Crippen LogP contribution in [0.15, 0.2) is 45.7 Å². The molecule has 0 aliphatic heterocycles. The van der Waals surface area contributed by atoms with Gasteiger partial charge in [0.1, 0.15) is 12.4 Å². The number of benzene rings is 1. The van der Waals surface area contributed by atoms with Gasteiger partial charge in [-0.15, -0.1) is 23.4 Å². The maximum atomic E-state index is 10.8. The second-order valence-corrected chi connectivity index (χ2v) is 8.50. The highest BCUT2D eigenvalue weighted by Crippen LogP contribution is 2.40. The first kappa shape index (κ1) is 20.6. The van der Waals surface area contributed by atoms with Crippen molar-refractivity contribution >= 4 is 40.9 Å². The van der Waals surface area contributed by atoms with Gasteiger partial charge in [0, 0.05) is 27.9 Å². The molecule has 0 saturated heterocycles. The van der Waals surface area contributed by atoms with Crippen LogP contribution in [0.3, 0.4) is 0 Å². The summed E-state index contributed by atoms with van der Waals surface area (Å²) < 4.78 is 10.9. The number of carboxylic acid groups (broad SMARTS) is 1. The van der Waals surface area contributed by atoms with Gasteiger partial charge in [-0.1, -0.05) is 23.7 Å². The van der Waals surface area contributed by atoms with Crippen molar-refractivity contribution in [1.29, 1.82) is 0 Å². The summed E-state index contributed by atoms with van der Waals surface area (Å²) in [5, 5.41) is 19.8. The Balaban J connectivity index is 1.55. The number of halogens is 2. The SMILES string of the molecule is O=C(O)c1ccc(COC[C@H]2C(Cl)CC(O)[C@@H]2CSc2ccccc2Cl)o1. The molecule has 0 radical (unpaired) electrons. The number of furan rings is 1. The normalized spacial score (nSPS) is 25.0. The number of rotatable bonds is 8. The first-order valence-corrected chi connectivity index (χ1v) is 10.3. The smallest absolute Gasteiger partial charge is 0.371 e. The van der Waals surface area contributed by atoms with Crippen LogP contribution >= 0.6 is 35.0 Å². The van der Waals surface area contributed by atoms with Crippen LogP contribution < -0.4 is 0 Å². The second kappa shape index (κ2) is 9.34. The van der Waals surface area contributed by atoms with Crippen LogP contribution in [-0.2, 0) is 11.3 Å². The van der Waals surface area contributed by atoms with E-state index in [2.05, 4.69) is 0 Å². The van der Waals surface area contributed by atoms with Gasteiger partial charge >= 0.3 is 5.97 Å². The highest BCUT2D eigenvalue weighted by atomic mass is 35.5. The molecule has 0 bridgehead atoms. The molecule has 27 heavy (non-hydrogen) atoms. The van der Waals surface area contributed by atoms with Gasteiger partial charge in [0.05, 0.1) is 17.7 Å². The van der Waals surface area contributed by atoms with Crippen molar-refractivity contribution in [3.8, 4) is 0 Å². The van der Waals surface area contributed by atoms with E-state index in [0.29, 0.717) is 29.6 Å². The molecule has 1 heterocycles. The summed E-state index contributed by atoms with van der Waals surface area (Å²) in [4.78, 5) is 11.8.